The van der Waals surface area contributed by atoms with Crippen LogP contribution in [0.4, 0.5) is 0 Å². The summed E-state index contributed by atoms with van der Waals surface area (Å²) in [6.45, 7) is 3.18. The maximum atomic E-state index is 5.36. The molecule has 1 unspecified atom stereocenters. The first-order valence-corrected chi connectivity index (χ1v) is 5.26. The highest BCUT2D eigenvalue weighted by Gasteiger charge is 2.23. The average Bonchev–Trinajstić information content (AvgIpc) is 2.62. The summed E-state index contributed by atoms with van der Waals surface area (Å²) >= 11 is 0. The lowest BCUT2D eigenvalue weighted by Gasteiger charge is -2.12. The van der Waals surface area contributed by atoms with E-state index in [0.29, 0.717) is 6.04 Å². The second-order valence-corrected chi connectivity index (χ2v) is 3.68. The van der Waals surface area contributed by atoms with Crippen LogP contribution in [0.1, 0.15) is 30.5 Å². The van der Waals surface area contributed by atoms with Crippen molar-refractivity contribution < 1.29 is 4.74 Å². The highest BCUT2D eigenvalue weighted by Crippen LogP contribution is 2.36. The third kappa shape index (κ3) is 1.50. The van der Waals surface area contributed by atoms with E-state index in [9.17, 15) is 0 Å². The molecule has 0 saturated heterocycles. The zero-order valence-electron chi connectivity index (χ0n) is 8.84. The molecule has 1 aromatic rings. The zero-order chi connectivity index (χ0) is 9.97. The van der Waals surface area contributed by atoms with Crippen molar-refractivity contribution in [2.75, 3.05) is 13.7 Å². The van der Waals surface area contributed by atoms with Crippen molar-refractivity contribution in [3.8, 4) is 5.75 Å². The summed E-state index contributed by atoms with van der Waals surface area (Å²) in [5.41, 5.74) is 2.81. The smallest absolute Gasteiger partial charge is 0.122 e. The second-order valence-electron chi connectivity index (χ2n) is 3.68. The van der Waals surface area contributed by atoms with Crippen LogP contribution in [0, 0.1) is 0 Å². The highest BCUT2D eigenvalue weighted by molar-refractivity contribution is 5.44. The standard InChI is InChI=1S/C12H17NO/c1-3-13-11-8-7-10-9(11)5-4-6-12(10)14-2/h4-6,11,13H,3,7-8H2,1-2H3. The van der Waals surface area contributed by atoms with Gasteiger partial charge in [-0.2, -0.15) is 0 Å². The van der Waals surface area contributed by atoms with Gasteiger partial charge in [0.15, 0.2) is 0 Å². The minimum Gasteiger partial charge on any atom is -0.496 e. The third-order valence-corrected chi connectivity index (χ3v) is 2.90. The van der Waals surface area contributed by atoms with E-state index in [1.54, 1.807) is 7.11 Å². The number of nitrogens with one attached hydrogen (secondary N) is 1. The van der Waals surface area contributed by atoms with Crippen molar-refractivity contribution >= 4 is 0 Å². The van der Waals surface area contributed by atoms with Crippen LogP contribution in [0.15, 0.2) is 18.2 Å². The molecule has 0 heterocycles. The molecule has 0 bridgehead atoms. The molecule has 2 nitrogen and oxygen atoms in total. The van der Waals surface area contributed by atoms with Crippen molar-refractivity contribution in [3.63, 3.8) is 0 Å². The van der Waals surface area contributed by atoms with Gasteiger partial charge >= 0.3 is 0 Å². The van der Waals surface area contributed by atoms with E-state index in [0.717, 1.165) is 18.7 Å². The van der Waals surface area contributed by atoms with Gasteiger partial charge in [-0.05, 0) is 36.6 Å². The molecule has 14 heavy (non-hydrogen) atoms. The molecule has 0 fully saturated rings. The predicted octanol–water partition coefficient (Wildman–Crippen LogP) is 2.29. The second kappa shape index (κ2) is 4.01. The highest BCUT2D eigenvalue weighted by atomic mass is 16.5. The fourth-order valence-corrected chi connectivity index (χ4v) is 2.27. The SMILES string of the molecule is CCNC1CCc2c(OC)cccc21. The van der Waals surface area contributed by atoms with Crippen LogP contribution in [-0.2, 0) is 6.42 Å². The minimum absolute atomic E-state index is 0.532. The topological polar surface area (TPSA) is 21.3 Å². The molecule has 76 valence electrons. The van der Waals surface area contributed by atoms with Gasteiger partial charge in [-0.15, -0.1) is 0 Å². The Balaban J connectivity index is 2.31. The summed E-state index contributed by atoms with van der Waals surface area (Å²) < 4.78 is 5.36. The molecule has 1 aromatic carbocycles. The third-order valence-electron chi connectivity index (χ3n) is 2.90. The molecule has 0 radical (unpaired) electrons. The summed E-state index contributed by atoms with van der Waals surface area (Å²) in [5.74, 6) is 1.04. The Bertz CT molecular complexity index is 322. The normalized spacial score (nSPS) is 19.4. The fraction of sp³-hybridized carbons (Fsp3) is 0.500. The number of hydrogen-bond acceptors (Lipinski definition) is 2. The summed E-state index contributed by atoms with van der Waals surface area (Å²) in [6.07, 6.45) is 2.33. The molecular weight excluding hydrogens is 174 g/mol. The summed E-state index contributed by atoms with van der Waals surface area (Å²) in [4.78, 5) is 0. The summed E-state index contributed by atoms with van der Waals surface area (Å²) in [7, 11) is 1.75. The van der Waals surface area contributed by atoms with Gasteiger partial charge in [-0.1, -0.05) is 19.1 Å². The monoisotopic (exact) mass is 191 g/mol. The van der Waals surface area contributed by atoms with Crippen molar-refractivity contribution in [3.05, 3.63) is 29.3 Å². The number of benzene rings is 1. The summed E-state index contributed by atoms with van der Waals surface area (Å²) in [6, 6.07) is 6.86. The van der Waals surface area contributed by atoms with Gasteiger partial charge in [0.25, 0.3) is 0 Å². The largest absolute Gasteiger partial charge is 0.496 e. The van der Waals surface area contributed by atoms with Gasteiger partial charge in [0, 0.05) is 6.04 Å². The molecule has 0 amide bonds. The first-order valence-electron chi connectivity index (χ1n) is 5.26. The Morgan fingerprint density at radius 2 is 2.36 bits per heavy atom. The molecule has 2 rings (SSSR count). The minimum atomic E-state index is 0.532. The van der Waals surface area contributed by atoms with E-state index < -0.39 is 0 Å². The predicted molar refractivity (Wildman–Crippen MR) is 57.7 cm³/mol. The van der Waals surface area contributed by atoms with Crippen LogP contribution in [0.3, 0.4) is 0 Å². The maximum Gasteiger partial charge on any atom is 0.122 e. The van der Waals surface area contributed by atoms with Gasteiger partial charge in [0.05, 0.1) is 7.11 Å². The molecule has 1 N–H and O–H groups in total. The Kier molecular flexibility index (Phi) is 2.73. The van der Waals surface area contributed by atoms with Gasteiger partial charge in [-0.3, -0.25) is 0 Å². The van der Waals surface area contributed by atoms with Crippen molar-refractivity contribution in [2.45, 2.75) is 25.8 Å². The zero-order valence-corrected chi connectivity index (χ0v) is 8.84. The van der Waals surface area contributed by atoms with Gasteiger partial charge in [0.2, 0.25) is 0 Å². The lowest BCUT2D eigenvalue weighted by atomic mass is 10.1. The van der Waals surface area contributed by atoms with Crippen molar-refractivity contribution in [1.82, 2.24) is 5.32 Å². The molecule has 0 aliphatic heterocycles. The molecular formula is C12H17NO. The van der Waals surface area contributed by atoms with Crippen LogP contribution in [0.2, 0.25) is 0 Å². The van der Waals surface area contributed by atoms with Crippen LogP contribution < -0.4 is 10.1 Å². The van der Waals surface area contributed by atoms with E-state index in [-0.39, 0.29) is 0 Å². The summed E-state index contributed by atoms with van der Waals surface area (Å²) in [5, 5.41) is 3.50. The lowest BCUT2D eigenvalue weighted by molar-refractivity contribution is 0.410. The van der Waals surface area contributed by atoms with Crippen LogP contribution in [0.25, 0.3) is 0 Å². The molecule has 0 spiro atoms. The number of hydrogen-bond donors (Lipinski definition) is 1. The van der Waals surface area contributed by atoms with E-state index in [1.165, 1.54) is 17.5 Å². The van der Waals surface area contributed by atoms with Crippen molar-refractivity contribution in [1.29, 1.82) is 0 Å². The number of methoxy groups -OCH3 is 1. The first kappa shape index (κ1) is 9.53. The van der Waals surface area contributed by atoms with Gasteiger partial charge in [-0.25, -0.2) is 0 Å². The van der Waals surface area contributed by atoms with E-state index >= 15 is 0 Å². The number of fused-ring (bicyclic) bond motifs is 1. The van der Waals surface area contributed by atoms with E-state index in [1.807, 2.05) is 6.07 Å². The van der Waals surface area contributed by atoms with E-state index in [4.69, 9.17) is 4.74 Å². The Morgan fingerprint density at radius 1 is 1.50 bits per heavy atom. The van der Waals surface area contributed by atoms with Gasteiger partial charge in [0.1, 0.15) is 5.75 Å². The average molecular weight is 191 g/mol. The molecule has 0 saturated carbocycles. The molecule has 0 aromatic heterocycles. The lowest BCUT2D eigenvalue weighted by Crippen LogP contribution is -2.18. The number of ether oxygens (including phenoxy) is 1. The van der Waals surface area contributed by atoms with Crippen molar-refractivity contribution in [2.24, 2.45) is 0 Å². The maximum absolute atomic E-state index is 5.36. The number of rotatable bonds is 3. The molecule has 1 aliphatic rings. The van der Waals surface area contributed by atoms with Crippen LogP contribution in [0.5, 0.6) is 5.75 Å². The Morgan fingerprint density at radius 3 is 3.07 bits per heavy atom. The fourth-order valence-electron chi connectivity index (χ4n) is 2.27. The van der Waals surface area contributed by atoms with Gasteiger partial charge < -0.3 is 10.1 Å². The van der Waals surface area contributed by atoms with Crippen LogP contribution >= 0.6 is 0 Å². The molecule has 2 heteroatoms. The Hall–Kier alpha value is -1.02. The Labute approximate surface area is 85.3 Å². The quantitative estimate of drug-likeness (QED) is 0.791. The molecule has 1 atom stereocenters. The van der Waals surface area contributed by atoms with E-state index in [2.05, 4.69) is 24.4 Å². The van der Waals surface area contributed by atoms with Crippen LogP contribution in [-0.4, -0.2) is 13.7 Å². The molecule has 1 aliphatic carbocycles. The first-order chi connectivity index (χ1) is 6.86.